The van der Waals surface area contributed by atoms with Crippen LogP contribution in [0.3, 0.4) is 0 Å². The monoisotopic (exact) mass is 366 g/mol. The van der Waals surface area contributed by atoms with E-state index in [2.05, 4.69) is 6.92 Å². The number of ether oxygens (including phenoxy) is 5. The van der Waals surface area contributed by atoms with Gasteiger partial charge >= 0.3 is 0 Å². The maximum Gasteiger partial charge on any atom is 0.168 e. The van der Waals surface area contributed by atoms with E-state index in [0.717, 1.165) is 47.0 Å². The molecule has 148 valence electrons. The van der Waals surface area contributed by atoms with Crippen molar-refractivity contribution in [3.63, 3.8) is 0 Å². The van der Waals surface area contributed by atoms with Gasteiger partial charge in [0.25, 0.3) is 0 Å². The molecule has 0 aromatic heterocycles. The number of benzene rings is 1. The van der Waals surface area contributed by atoms with Gasteiger partial charge in [-0.3, -0.25) is 0 Å². The van der Waals surface area contributed by atoms with Crippen molar-refractivity contribution in [3.8, 4) is 23.0 Å². The van der Waals surface area contributed by atoms with E-state index < -0.39 is 0 Å². The first-order valence-corrected chi connectivity index (χ1v) is 9.59. The van der Waals surface area contributed by atoms with E-state index in [4.69, 9.17) is 23.7 Å². The average molecular weight is 366 g/mol. The Labute approximate surface area is 158 Å². The first kappa shape index (κ1) is 22.0. The Morgan fingerprint density at radius 1 is 0.731 bits per heavy atom. The van der Waals surface area contributed by atoms with Gasteiger partial charge in [0.05, 0.1) is 26.1 Å². The normalized spacial score (nSPS) is 10.8. The van der Waals surface area contributed by atoms with E-state index in [1.807, 2.05) is 40.7 Å². The second kappa shape index (κ2) is 12.3. The van der Waals surface area contributed by atoms with Gasteiger partial charge in [-0.2, -0.15) is 0 Å². The third kappa shape index (κ3) is 5.75. The quantitative estimate of drug-likeness (QED) is 0.360. The molecular weight excluding hydrogens is 332 g/mol. The molecule has 0 saturated carbocycles. The zero-order chi connectivity index (χ0) is 19.4. The molecule has 0 radical (unpaired) electrons. The minimum atomic E-state index is 0.431. The lowest BCUT2D eigenvalue weighted by Gasteiger charge is -2.24. The summed E-state index contributed by atoms with van der Waals surface area (Å²) in [6, 6.07) is 0. The molecule has 0 N–H and O–H groups in total. The average Bonchev–Trinajstić information content (AvgIpc) is 2.63. The van der Waals surface area contributed by atoms with Gasteiger partial charge in [0.2, 0.25) is 0 Å². The predicted octanol–water partition coefficient (Wildman–Crippen LogP) is 5.07. The smallest absolute Gasteiger partial charge is 0.168 e. The Hall–Kier alpha value is -2.04. The molecular formula is C21H34O5. The van der Waals surface area contributed by atoms with Crippen LogP contribution in [0.5, 0.6) is 23.0 Å². The fourth-order valence-electron chi connectivity index (χ4n) is 2.74. The van der Waals surface area contributed by atoms with Gasteiger partial charge in [-0.1, -0.05) is 19.4 Å². The summed E-state index contributed by atoms with van der Waals surface area (Å²) >= 11 is 0. The molecule has 0 atom stereocenters. The lowest BCUT2D eigenvalue weighted by Crippen LogP contribution is -2.12. The second-order valence-corrected chi connectivity index (χ2v) is 5.66. The molecule has 0 saturated heterocycles. The van der Waals surface area contributed by atoms with Crippen LogP contribution in [0.1, 0.15) is 52.2 Å². The van der Waals surface area contributed by atoms with Crippen LogP contribution in [0.4, 0.5) is 0 Å². The Bertz CT molecular complexity index is 566. The molecule has 5 nitrogen and oxygen atoms in total. The topological polar surface area (TPSA) is 46.2 Å². The van der Waals surface area contributed by atoms with Crippen LogP contribution in [-0.2, 0) is 11.2 Å². The van der Waals surface area contributed by atoms with Crippen LogP contribution in [0.25, 0.3) is 0 Å². The van der Waals surface area contributed by atoms with Gasteiger partial charge in [0.15, 0.2) is 23.0 Å². The van der Waals surface area contributed by atoms with Crippen LogP contribution in [-0.4, -0.2) is 33.0 Å². The molecule has 0 fully saturated rings. The van der Waals surface area contributed by atoms with Gasteiger partial charge in [-0.05, 0) is 41.0 Å². The molecule has 0 aliphatic rings. The minimum Gasteiger partial charge on any atom is -0.498 e. The summed E-state index contributed by atoms with van der Waals surface area (Å²) in [6.07, 6.45) is 5.30. The van der Waals surface area contributed by atoms with Crippen LogP contribution >= 0.6 is 0 Å². The Balaban J connectivity index is 3.39. The number of hydrogen-bond acceptors (Lipinski definition) is 5. The largest absolute Gasteiger partial charge is 0.498 e. The highest BCUT2D eigenvalue weighted by molar-refractivity contribution is 5.66. The third-order valence-electron chi connectivity index (χ3n) is 3.69. The zero-order valence-electron chi connectivity index (χ0n) is 17.1. The van der Waals surface area contributed by atoms with Crippen molar-refractivity contribution in [2.24, 2.45) is 0 Å². The maximum atomic E-state index is 6.10. The molecule has 0 aliphatic heterocycles. The fraction of sp³-hybridized carbons (Fsp3) is 0.619. The van der Waals surface area contributed by atoms with E-state index in [1.165, 1.54) is 0 Å². The van der Waals surface area contributed by atoms with E-state index in [9.17, 15) is 0 Å². The summed E-state index contributed by atoms with van der Waals surface area (Å²) in [6.45, 7) is 14.5. The van der Waals surface area contributed by atoms with Crippen LogP contribution in [0.15, 0.2) is 12.3 Å². The number of allylic oxidation sites excluding steroid dienone is 1. The molecule has 0 heterocycles. The zero-order valence-corrected chi connectivity index (χ0v) is 17.1. The minimum absolute atomic E-state index is 0.431. The van der Waals surface area contributed by atoms with Crippen molar-refractivity contribution in [2.75, 3.05) is 33.0 Å². The van der Waals surface area contributed by atoms with E-state index in [0.29, 0.717) is 33.0 Å². The van der Waals surface area contributed by atoms with Crippen LogP contribution in [0, 0.1) is 6.92 Å². The molecule has 0 aliphatic carbocycles. The molecule has 26 heavy (non-hydrogen) atoms. The molecule has 0 spiro atoms. The maximum absolute atomic E-state index is 6.10. The fourth-order valence-corrected chi connectivity index (χ4v) is 2.74. The van der Waals surface area contributed by atoms with Crippen LogP contribution < -0.4 is 18.9 Å². The van der Waals surface area contributed by atoms with Crippen molar-refractivity contribution < 1.29 is 23.7 Å². The summed E-state index contributed by atoms with van der Waals surface area (Å²) in [5, 5.41) is 0. The van der Waals surface area contributed by atoms with Gasteiger partial charge < -0.3 is 23.7 Å². The van der Waals surface area contributed by atoms with Gasteiger partial charge in [-0.25, -0.2) is 0 Å². The van der Waals surface area contributed by atoms with E-state index >= 15 is 0 Å². The lowest BCUT2D eigenvalue weighted by atomic mass is 10.0. The standard InChI is InChI=1S/C21H34O5/c1-7-12-17-20(25-11-5)18(23-9-3)16(6)19(24-10-4)21(17)26-15-14-22-13-8-2/h8,13H,7,9-12,14-15H2,1-6H3. The number of rotatable bonds is 13. The number of hydrogen-bond donors (Lipinski definition) is 0. The molecule has 0 unspecified atom stereocenters. The second-order valence-electron chi connectivity index (χ2n) is 5.66. The van der Waals surface area contributed by atoms with Crippen molar-refractivity contribution in [1.82, 2.24) is 0 Å². The molecule has 1 aromatic carbocycles. The highest BCUT2D eigenvalue weighted by atomic mass is 16.5. The Kier molecular flexibility index (Phi) is 10.4. The predicted molar refractivity (Wildman–Crippen MR) is 105 cm³/mol. The SMILES string of the molecule is CC=COCCOc1c(CCC)c(OCC)c(OCC)c(C)c1OCC. The first-order chi connectivity index (χ1) is 12.7. The van der Waals surface area contributed by atoms with E-state index in [1.54, 1.807) is 6.26 Å². The lowest BCUT2D eigenvalue weighted by molar-refractivity contribution is 0.171. The van der Waals surface area contributed by atoms with E-state index in [-0.39, 0.29) is 0 Å². The van der Waals surface area contributed by atoms with Gasteiger partial charge in [0.1, 0.15) is 13.2 Å². The van der Waals surface area contributed by atoms with Crippen LogP contribution in [0.2, 0.25) is 0 Å². The summed E-state index contributed by atoms with van der Waals surface area (Å²) in [7, 11) is 0. The van der Waals surface area contributed by atoms with Crippen molar-refractivity contribution in [2.45, 2.75) is 54.4 Å². The van der Waals surface area contributed by atoms with Gasteiger partial charge in [0, 0.05) is 11.1 Å². The van der Waals surface area contributed by atoms with Crippen molar-refractivity contribution in [1.29, 1.82) is 0 Å². The summed E-state index contributed by atoms with van der Waals surface area (Å²) in [5.41, 5.74) is 1.90. The molecule has 1 aromatic rings. The Morgan fingerprint density at radius 3 is 1.77 bits per heavy atom. The summed E-state index contributed by atoms with van der Waals surface area (Å²) in [4.78, 5) is 0. The highest BCUT2D eigenvalue weighted by Gasteiger charge is 2.26. The molecule has 0 bridgehead atoms. The third-order valence-corrected chi connectivity index (χ3v) is 3.69. The summed E-state index contributed by atoms with van der Waals surface area (Å²) in [5.74, 6) is 2.98. The van der Waals surface area contributed by atoms with Gasteiger partial charge in [-0.15, -0.1) is 0 Å². The highest BCUT2D eigenvalue weighted by Crippen LogP contribution is 2.49. The molecule has 1 rings (SSSR count). The Morgan fingerprint density at radius 2 is 1.27 bits per heavy atom. The van der Waals surface area contributed by atoms with Crippen molar-refractivity contribution in [3.05, 3.63) is 23.5 Å². The molecule has 0 amide bonds. The first-order valence-electron chi connectivity index (χ1n) is 9.59. The molecule has 5 heteroatoms. The summed E-state index contributed by atoms with van der Waals surface area (Å²) < 4.78 is 29.3. The van der Waals surface area contributed by atoms with Crippen molar-refractivity contribution >= 4 is 0 Å².